The van der Waals surface area contributed by atoms with Crippen LogP contribution in [-0.4, -0.2) is 7.11 Å². The normalized spacial score (nSPS) is 10.4. The van der Waals surface area contributed by atoms with Crippen molar-refractivity contribution in [2.24, 2.45) is 0 Å². The minimum atomic E-state index is 0.852. The fourth-order valence-corrected chi connectivity index (χ4v) is 3.28. The summed E-state index contributed by atoms with van der Waals surface area (Å²) in [4.78, 5) is 2.54. The van der Waals surface area contributed by atoms with Gasteiger partial charge in [0.2, 0.25) is 0 Å². The monoisotopic (exact) mass is 270 g/mol. The molecular formula is C12H11ClOS2. The van der Waals surface area contributed by atoms with Gasteiger partial charge in [-0.15, -0.1) is 23.1 Å². The molecule has 0 aliphatic carbocycles. The highest BCUT2D eigenvalue weighted by atomic mass is 35.5. The van der Waals surface area contributed by atoms with Crippen molar-refractivity contribution in [2.45, 2.75) is 10.6 Å². The van der Waals surface area contributed by atoms with Crippen LogP contribution < -0.4 is 4.74 Å². The number of ether oxygens (including phenoxy) is 1. The number of thiophene rings is 1. The summed E-state index contributed by atoms with van der Waals surface area (Å²) in [5.74, 6) is 1.85. The lowest BCUT2D eigenvalue weighted by molar-refractivity contribution is 0.414. The van der Waals surface area contributed by atoms with Crippen LogP contribution in [0.4, 0.5) is 0 Å². The molecule has 0 saturated heterocycles. The largest absolute Gasteiger partial charge is 0.497 e. The van der Waals surface area contributed by atoms with Gasteiger partial charge in [-0.05, 0) is 36.4 Å². The van der Waals surface area contributed by atoms with Gasteiger partial charge in [0.25, 0.3) is 0 Å². The number of rotatable bonds is 4. The Morgan fingerprint density at radius 3 is 2.50 bits per heavy atom. The minimum absolute atomic E-state index is 0.852. The van der Waals surface area contributed by atoms with Gasteiger partial charge in [-0.25, -0.2) is 0 Å². The van der Waals surface area contributed by atoms with E-state index in [1.165, 1.54) is 9.77 Å². The number of hydrogen-bond acceptors (Lipinski definition) is 3. The Balaban J connectivity index is 1.94. The zero-order valence-electron chi connectivity index (χ0n) is 8.77. The van der Waals surface area contributed by atoms with Crippen molar-refractivity contribution in [3.63, 3.8) is 0 Å². The lowest BCUT2D eigenvalue weighted by atomic mass is 10.3. The maximum Gasteiger partial charge on any atom is 0.118 e. The van der Waals surface area contributed by atoms with Crippen molar-refractivity contribution in [2.75, 3.05) is 7.11 Å². The molecule has 0 spiro atoms. The Bertz CT molecular complexity index is 450. The number of benzene rings is 1. The first kappa shape index (κ1) is 11.8. The molecule has 0 radical (unpaired) electrons. The third-order valence-corrected chi connectivity index (χ3v) is 4.54. The summed E-state index contributed by atoms with van der Waals surface area (Å²) in [5, 5.41) is 0. The third kappa shape index (κ3) is 3.17. The molecule has 0 N–H and O–H groups in total. The van der Waals surface area contributed by atoms with Crippen molar-refractivity contribution in [1.82, 2.24) is 0 Å². The van der Waals surface area contributed by atoms with Crippen molar-refractivity contribution in [3.05, 3.63) is 45.6 Å². The molecule has 1 aromatic heterocycles. The van der Waals surface area contributed by atoms with Crippen molar-refractivity contribution in [1.29, 1.82) is 0 Å². The van der Waals surface area contributed by atoms with Gasteiger partial charge >= 0.3 is 0 Å². The molecule has 1 aromatic carbocycles. The lowest BCUT2D eigenvalue weighted by Gasteiger charge is -2.02. The second-order valence-electron chi connectivity index (χ2n) is 3.17. The van der Waals surface area contributed by atoms with Gasteiger partial charge in [0, 0.05) is 15.5 Å². The molecule has 0 fully saturated rings. The Morgan fingerprint density at radius 1 is 1.19 bits per heavy atom. The summed E-state index contributed by atoms with van der Waals surface area (Å²) in [6.07, 6.45) is 0. The molecule has 0 aliphatic rings. The molecule has 4 heteroatoms. The van der Waals surface area contributed by atoms with Gasteiger partial charge in [-0.1, -0.05) is 11.6 Å². The van der Waals surface area contributed by atoms with Gasteiger partial charge in [-0.2, -0.15) is 0 Å². The Labute approximate surface area is 108 Å². The molecule has 0 unspecified atom stereocenters. The Morgan fingerprint density at radius 2 is 1.94 bits per heavy atom. The zero-order chi connectivity index (χ0) is 11.4. The molecule has 0 atom stereocenters. The molecule has 84 valence electrons. The summed E-state index contributed by atoms with van der Waals surface area (Å²) >= 11 is 9.31. The number of methoxy groups -OCH3 is 1. The van der Waals surface area contributed by atoms with Crippen molar-refractivity contribution < 1.29 is 4.74 Å². The van der Waals surface area contributed by atoms with Gasteiger partial charge < -0.3 is 4.74 Å². The lowest BCUT2D eigenvalue weighted by Crippen LogP contribution is -1.81. The van der Waals surface area contributed by atoms with Gasteiger partial charge in [0.1, 0.15) is 5.75 Å². The van der Waals surface area contributed by atoms with Crippen molar-refractivity contribution >= 4 is 34.7 Å². The molecule has 2 rings (SSSR count). The van der Waals surface area contributed by atoms with Crippen LogP contribution >= 0.6 is 34.7 Å². The maximum atomic E-state index is 5.87. The van der Waals surface area contributed by atoms with Crippen LogP contribution in [0.3, 0.4) is 0 Å². The van der Waals surface area contributed by atoms with Crippen LogP contribution in [0.2, 0.25) is 4.34 Å². The van der Waals surface area contributed by atoms with Gasteiger partial charge in [-0.3, -0.25) is 0 Å². The Kier molecular flexibility index (Phi) is 4.16. The molecule has 0 aliphatic heterocycles. The van der Waals surface area contributed by atoms with Crippen molar-refractivity contribution in [3.8, 4) is 5.75 Å². The predicted octanol–water partition coefficient (Wildman–Crippen LogP) is 4.70. The minimum Gasteiger partial charge on any atom is -0.497 e. The summed E-state index contributed by atoms with van der Waals surface area (Å²) in [6, 6.07) is 12.1. The highest BCUT2D eigenvalue weighted by Gasteiger charge is 2.00. The molecule has 1 heterocycles. The first-order valence-corrected chi connectivity index (χ1v) is 6.97. The molecular weight excluding hydrogens is 260 g/mol. The first-order chi connectivity index (χ1) is 7.78. The summed E-state index contributed by atoms with van der Waals surface area (Å²) < 4.78 is 5.96. The average molecular weight is 271 g/mol. The van der Waals surface area contributed by atoms with E-state index in [0.717, 1.165) is 15.8 Å². The van der Waals surface area contributed by atoms with E-state index in [9.17, 15) is 0 Å². The fraction of sp³-hybridized carbons (Fsp3) is 0.167. The molecule has 0 saturated carbocycles. The standard InChI is InChI=1S/C12H11ClOS2/c1-14-9-2-4-10(5-3-9)15-8-11-6-7-12(13)16-11/h2-7H,8H2,1H3. The quantitative estimate of drug-likeness (QED) is 0.745. The summed E-state index contributed by atoms with van der Waals surface area (Å²) in [7, 11) is 1.68. The number of thioether (sulfide) groups is 1. The van der Waals surface area contributed by atoms with E-state index in [0.29, 0.717) is 0 Å². The Hall–Kier alpha value is -0.640. The predicted molar refractivity (Wildman–Crippen MR) is 71.9 cm³/mol. The van der Waals surface area contributed by atoms with Crippen LogP contribution in [0.25, 0.3) is 0 Å². The third-order valence-electron chi connectivity index (χ3n) is 2.07. The first-order valence-electron chi connectivity index (χ1n) is 4.79. The van der Waals surface area contributed by atoms with Gasteiger partial charge in [0.15, 0.2) is 0 Å². The van der Waals surface area contributed by atoms with E-state index >= 15 is 0 Å². The molecule has 16 heavy (non-hydrogen) atoms. The summed E-state index contributed by atoms with van der Waals surface area (Å²) in [6.45, 7) is 0. The highest BCUT2D eigenvalue weighted by molar-refractivity contribution is 7.98. The van der Waals surface area contributed by atoms with E-state index < -0.39 is 0 Å². The van der Waals surface area contributed by atoms with Crippen LogP contribution in [0.15, 0.2) is 41.3 Å². The fourth-order valence-electron chi connectivity index (χ4n) is 1.26. The molecule has 2 aromatic rings. The molecule has 1 nitrogen and oxygen atoms in total. The summed E-state index contributed by atoms with van der Waals surface area (Å²) in [5.41, 5.74) is 0. The van der Waals surface area contributed by atoms with Crippen LogP contribution in [0.1, 0.15) is 4.88 Å². The maximum absolute atomic E-state index is 5.87. The smallest absolute Gasteiger partial charge is 0.118 e. The SMILES string of the molecule is COc1ccc(SCc2ccc(Cl)s2)cc1. The van der Waals surface area contributed by atoms with E-state index in [4.69, 9.17) is 16.3 Å². The molecule has 0 bridgehead atoms. The van der Waals surface area contributed by atoms with Gasteiger partial charge in [0.05, 0.1) is 11.4 Å². The number of halogens is 1. The van der Waals surface area contributed by atoms with Crippen LogP contribution in [0.5, 0.6) is 5.75 Å². The van der Waals surface area contributed by atoms with Crippen LogP contribution in [-0.2, 0) is 5.75 Å². The molecule has 0 amide bonds. The topological polar surface area (TPSA) is 9.23 Å². The number of hydrogen-bond donors (Lipinski definition) is 0. The van der Waals surface area contributed by atoms with Crippen LogP contribution in [0, 0.1) is 0 Å². The van der Waals surface area contributed by atoms with E-state index in [1.807, 2.05) is 18.2 Å². The second-order valence-corrected chi connectivity index (χ2v) is 6.02. The second kappa shape index (κ2) is 5.62. The highest BCUT2D eigenvalue weighted by Crippen LogP contribution is 2.29. The van der Waals surface area contributed by atoms with E-state index in [-0.39, 0.29) is 0 Å². The average Bonchev–Trinajstić information content (AvgIpc) is 2.73. The zero-order valence-corrected chi connectivity index (χ0v) is 11.2. The van der Waals surface area contributed by atoms with E-state index in [1.54, 1.807) is 30.2 Å². The van der Waals surface area contributed by atoms with E-state index in [2.05, 4.69) is 18.2 Å².